The Morgan fingerprint density at radius 3 is 2.86 bits per heavy atom. The van der Waals surface area contributed by atoms with Gasteiger partial charge in [-0.05, 0) is 48.8 Å². The second-order valence-electron chi connectivity index (χ2n) is 6.16. The molecule has 7 nitrogen and oxygen atoms in total. The van der Waals surface area contributed by atoms with E-state index in [1.165, 1.54) is 18.4 Å². The normalized spacial score (nSPS) is 10.6. The number of aromatic nitrogens is 3. The molecule has 0 fully saturated rings. The molecule has 0 atom stereocenters. The maximum absolute atomic E-state index is 12.2. The number of benzene rings is 1. The lowest BCUT2D eigenvalue weighted by atomic mass is 10.1. The van der Waals surface area contributed by atoms with Crippen LogP contribution in [0.15, 0.2) is 30.6 Å². The fourth-order valence-electron chi connectivity index (χ4n) is 2.90. The summed E-state index contributed by atoms with van der Waals surface area (Å²) in [5.74, 6) is -0.0337. The van der Waals surface area contributed by atoms with Crippen LogP contribution in [0.25, 0.3) is 0 Å². The van der Waals surface area contributed by atoms with Gasteiger partial charge in [0.15, 0.2) is 5.11 Å². The Kier molecular flexibility index (Phi) is 6.83. The zero-order valence-electron chi connectivity index (χ0n) is 16.2. The summed E-state index contributed by atoms with van der Waals surface area (Å²) in [5.41, 5.74) is 2.48. The van der Waals surface area contributed by atoms with Gasteiger partial charge >= 0.3 is 5.97 Å². The Morgan fingerprint density at radius 1 is 1.38 bits per heavy atom. The van der Waals surface area contributed by atoms with Gasteiger partial charge in [0.05, 0.1) is 19.2 Å². The van der Waals surface area contributed by atoms with Gasteiger partial charge in [-0.3, -0.25) is 5.32 Å². The molecule has 1 aromatic carbocycles. The molecule has 3 aromatic rings. The number of aryl methyl sites for hydroxylation is 1. The molecular formula is C19H20ClN5O2S2. The first-order chi connectivity index (χ1) is 13.9. The first-order valence-electron chi connectivity index (χ1n) is 8.83. The molecule has 29 heavy (non-hydrogen) atoms. The smallest absolute Gasteiger partial charge is 0.341 e. The number of hydrogen-bond acceptors (Lipinski definition) is 6. The molecule has 0 aliphatic rings. The predicted octanol–water partition coefficient (Wildman–Crippen LogP) is 4.51. The summed E-state index contributed by atoms with van der Waals surface area (Å²) in [6.45, 7) is 4.50. The van der Waals surface area contributed by atoms with Gasteiger partial charge in [-0.2, -0.15) is 0 Å². The number of nitrogens with one attached hydrogen (secondary N) is 2. The van der Waals surface area contributed by atoms with Crippen molar-refractivity contribution in [2.24, 2.45) is 0 Å². The third kappa shape index (κ3) is 5.11. The number of methoxy groups -OCH3 is 1. The number of carbonyl (C=O) groups is 1. The largest absolute Gasteiger partial charge is 0.465 e. The monoisotopic (exact) mass is 449 g/mol. The fourth-order valence-corrected chi connectivity index (χ4v) is 4.51. The highest BCUT2D eigenvalue weighted by Gasteiger charge is 2.22. The maximum atomic E-state index is 12.2. The molecule has 0 spiro atoms. The Balaban J connectivity index is 1.69. The van der Waals surface area contributed by atoms with E-state index in [0.717, 1.165) is 22.4 Å². The van der Waals surface area contributed by atoms with E-state index in [-0.39, 0.29) is 5.97 Å². The van der Waals surface area contributed by atoms with Crippen LogP contribution in [0.3, 0.4) is 0 Å². The number of anilines is 2. The molecule has 2 aromatic heterocycles. The summed E-state index contributed by atoms with van der Waals surface area (Å²) >= 11 is 12.8. The van der Waals surface area contributed by atoms with Crippen molar-refractivity contribution in [1.82, 2.24) is 14.8 Å². The standard InChI is InChI=1S/C19H20ClN5O2S2/c1-4-14-11(2)29-16(15(14)17(26)27-3)22-19(28)23-18-21-10-25(24-18)9-12-6-5-7-13(20)8-12/h5-8,10H,4,9H2,1-3H3,(H2,22,23,24,28). The Hall–Kier alpha value is -2.49. The van der Waals surface area contributed by atoms with Gasteiger partial charge in [0.25, 0.3) is 0 Å². The predicted molar refractivity (Wildman–Crippen MR) is 120 cm³/mol. The van der Waals surface area contributed by atoms with Gasteiger partial charge in [0, 0.05) is 9.90 Å². The number of ether oxygens (including phenoxy) is 1. The highest BCUT2D eigenvalue weighted by Crippen LogP contribution is 2.34. The van der Waals surface area contributed by atoms with Gasteiger partial charge in [-0.25, -0.2) is 14.5 Å². The second-order valence-corrected chi connectivity index (χ2v) is 8.23. The van der Waals surface area contributed by atoms with Crippen molar-refractivity contribution in [2.75, 3.05) is 17.7 Å². The zero-order chi connectivity index (χ0) is 21.0. The first-order valence-corrected chi connectivity index (χ1v) is 10.4. The van der Waals surface area contributed by atoms with Crippen molar-refractivity contribution in [3.8, 4) is 0 Å². The van der Waals surface area contributed by atoms with Crippen molar-refractivity contribution in [1.29, 1.82) is 0 Å². The highest BCUT2D eigenvalue weighted by atomic mass is 35.5. The molecule has 0 aliphatic heterocycles. The van der Waals surface area contributed by atoms with Crippen LogP contribution in [0.5, 0.6) is 0 Å². The van der Waals surface area contributed by atoms with E-state index in [1.54, 1.807) is 11.0 Å². The molecular weight excluding hydrogens is 430 g/mol. The SMILES string of the molecule is CCc1c(C)sc(NC(=S)Nc2ncn(Cc3cccc(Cl)c3)n2)c1C(=O)OC. The minimum atomic E-state index is -0.388. The average Bonchev–Trinajstić information content (AvgIpc) is 3.24. The minimum Gasteiger partial charge on any atom is -0.465 e. The summed E-state index contributed by atoms with van der Waals surface area (Å²) in [4.78, 5) is 17.5. The Labute approximate surface area is 183 Å². The Bertz CT molecular complexity index is 1050. The number of thiocarbonyl (C=S) groups is 1. The van der Waals surface area contributed by atoms with Gasteiger partial charge < -0.3 is 10.1 Å². The molecule has 0 radical (unpaired) electrons. The number of rotatable bonds is 6. The molecule has 2 N–H and O–H groups in total. The highest BCUT2D eigenvalue weighted by molar-refractivity contribution is 7.80. The van der Waals surface area contributed by atoms with Gasteiger partial charge in [0.1, 0.15) is 11.3 Å². The third-order valence-corrected chi connectivity index (χ3v) is 5.68. The number of carbonyl (C=O) groups excluding carboxylic acids is 1. The van der Waals surface area contributed by atoms with Crippen LogP contribution in [0.2, 0.25) is 5.02 Å². The van der Waals surface area contributed by atoms with E-state index in [0.29, 0.717) is 33.2 Å². The number of esters is 1. The lowest BCUT2D eigenvalue weighted by molar-refractivity contribution is 0.0601. The van der Waals surface area contributed by atoms with E-state index >= 15 is 0 Å². The van der Waals surface area contributed by atoms with Crippen LogP contribution in [-0.2, 0) is 17.7 Å². The van der Waals surface area contributed by atoms with Crippen LogP contribution in [0.1, 0.15) is 33.3 Å². The van der Waals surface area contributed by atoms with Crippen LogP contribution < -0.4 is 10.6 Å². The van der Waals surface area contributed by atoms with E-state index in [2.05, 4.69) is 20.7 Å². The molecule has 0 aliphatic carbocycles. The maximum Gasteiger partial charge on any atom is 0.341 e. The molecule has 2 heterocycles. The molecule has 0 saturated carbocycles. The first kappa shape index (κ1) is 21.2. The lowest BCUT2D eigenvalue weighted by Crippen LogP contribution is -2.21. The van der Waals surface area contributed by atoms with E-state index in [1.807, 2.05) is 38.1 Å². The summed E-state index contributed by atoms with van der Waals surface area (Å²) in [5, 5.41) is 12.0. The van der Waals surface area contributed by atoms with Crippen molar-refractivity contribution >= 4 is 57.2 Å². The molecule has 0 saturated heterocycles. The van der Waals surface area contributed by atoms with Crippen LogP contribution >= 0.6 is 35.2 Å². The van der Waals surface area contributed by atoms with Crippen molar-refractivity contribution in [3.63, 3.8) is 0 Å². The van der Waals surface area contributed by atoms with Gasteiger partial charge in [-0.1, -0.05) is 30.7 Å². The molecule has 0 bridgehead atoms. The van der Waals surface area contributed by atoms with E-state index in [4.69, 9.17) is 28.6 Å². The van der Waals surface area contributed by atoms with Crippen molar-refractivity contribution < 1.29 is 9.53 Å². The zero-order valence-corrected chi connectivity index (χ0v) is 18.5. The molecule has 3 rings (SSSR count). The van der Waals surface area contributed by atoms with Crippen molar-refractivity contribution in [2.45, 2.75) is 26.8 Å². The number of nitrogens with zero attached hydrogens (tertiary/aromatic N) is 3. The quantitative estimate of drug-likeness (QED) is 0.423. The number of thiophene rings is 1. The number of halogens is 1. The molecule has 0 amide bonds. The van der Waals surface area contributed by atoms with Crippen molar-refractivity contribution in [3.05, 3.63) is 57.2 Å². The van der Waals surface area contributed by atoms with E-state index < -0.39 is 0 Å². The van der Waals surface area contributed by atoms with E-state index in [9.17, 15) is 4.79 Å². The topological polar surface area (TPSA) is 81.1 Å². The Morgan fingerprint density at radius 2 is 2.17 bits per heavy atom. The van der Waals surface area contributed by atoms with Crippen LogP contribution in [0, 0.1) is 6.92 Å². The molecule has 0 unspecified atom stereocenters. The summed E-state index contributed by atoms with van der Waals surface area (Å²) in [6.07, 6.45) is 2.33. The molecule has 152 valence electrons. The summed E-state index contributed by atoms with van der Waals surface area (Å²) in [6, 6.07) is 7.55. The lowest BCUT2D eigenvalue weighted by Gasteiger charge is -2.09. The minimum absolute atomic E-state index is 0.291. The van der Waals surface area contributed by atoms with Gasteiger partial charge in [0.2, 0.25) is 5.95 Å². The number of hydrogen-bond donors (Lipinski definition) is 2. The fraction of sp³-hybridized carbons (Fsp3) is 0.263. The second kappa shape index (κ2) is 9.34. The third-order valence-electron chi connectivity index (χ3n) is 4.17. The van der Waals surface area contributed by atoms with Crippen LogP contribution in [0.4, 0.5) is 10.9 Å². The van der Waals surface area contributed by atoms with Gasteiger partial charge in [-0.15, -0.1) is 16.4 Å². The van der Waals surface area contributed by atoms with Crippen LogP contribution in [-0.4, -0.2) is 33.0 Å². The summed E-state index contributed by atoms with van der Waals surface area (Å²) in [7, 11) is 1.37. The average molecular weight is 450 g/mol. The molecule has 10 heteroatoms. The summed E-state index contributed by atoms with van der Waals surface area (Å²) < 4.78 is 6.61.